The van der Waals surface area contributed by atoms with Gasteiger partial charge < -0.3 is 0 Å². The summed E-state index contributed by atoms with van der Waals surface area (Å²) in [6, 6.07) is 6.53. The van der Waals surface area contributed by atoms with E-state index in [1.165, 1.54) is 24.0 Å². The third-order valence-electron chi connectivity index (χ3n) is 2.73. The lowest BCUT2D eigenvalue weighted by Gasteiger charge is -2.18. The van der Waals surface area contributed by atoms with Crippen LogP contribution in [0, 0.1) is 6.92 Å². The molecule has 1 aromatic carbocycles. The molecule has 0 saturated heterocycles. The summed E-state index contributed by atoms with van der Waals surface area (Å²) in [5.74, 6) is 5.60. The Labute approximate surface area is 100 Å². The number of unbranched alkanes of at least 4 members (excludes halogenated alkanes) is 1. The van der Waals surface area contributed by atoms with Gasteiger partial charge in [-0.15, -0.1) is 0 Å². The van der Waals surface area contributed by atoms with Crippen molar-refractivity contribution >= 4 is 15.9 Å². The minimum absolute atomic E-state index is 0.266. The van der Waals surface area contributed by atoms with Crippen molar-refractivity contribution < 1.29 is 0 Å². The molecule has 1 rings (SSSR count). The van der Waals surface area contributed by atoms with Crippen molar-refractivity contribution in [3.8, 4) is 0 Å². The van der Waals surface area contributed by atoms with E-state index in [-0.39, 0.29) is 6.04 Å². The third kappa shape index (κ3) is 3.30. The Kier molecular flexibility index (Phi) is 5.29. The SMILES string of the molecule is CCCCC(NN)c1cccc(Br)c1C. The van der Waals surface area contributed by atoms with E-state index in [2.05, 4.69) is 53.4 Å². The van der Waals surface area contributed by atoms with Gasteiger partial charge in [-0.25, -0.2) is 0 Å². The molecule has 0 radical (unpaired) electrons. The molecule has 3 heteroatoms. The normalized spacial score (nSPS) is 12.8. The van der Waals surface area contributed by atoms with Crippen LogP contribution in [-0.4, -0.2) is 0 Å². The molecule has 1 aromatic rings. The number of rotatable bonds is 5. The Bertz CT molecular complexity index is 312. The molecule has 0 aliphatic heterocycles. The molecule has 3 N–H and O–H groups in total. The number of hydrazine groups is 1. The van der Waals surface area contributed by atoms with Gasteiger partial charge in [-0.2, -0.15) is 0 Å². The summed E-state index contributed by atoms with van der Waals surface area (Å²) in [6.07, 6.45) is 3.48. The number of halogens is 1. The van der Waals surface area contributed by atoms with Crippen molar-refractivity contribution in [3.63, 3.8) is 0 Å². The van der Waals surface area contributed by atoms with Crippen molar-refractivity contribution in [2.45, 2.75) is 39.2 Å². The largest absolute Gasteiger partial charge is 0.271 e. The highest BCUT2D eigenvalue weighted by atomic mass is 79.9. The molecule has 2 nitrogen and oxygen atoms in total. The standard InChI is InChI=1S/C12H19BrN2/c1-3-4-8-12(15-14)10-6-5-7-11(13)9(10)2/h5-7,12,15H,3-4,8,14H2,1-2H3. The van der Waals surface area contributed by atoms with E-state index in [1.54, 1.807) is 0 Å². The fourth-order valence-corrected chi connectivity index (χ4v) is 2.12. The van der Waals surface area contributed by atoms with Crippen molar-refractivity contribution in [3.05, 3.63) is 33.8 Å². The van der Waals surface area contributed by atoms with E-state index in [0.717, 1.165) is 10.9 Å². The maximum atomic E-state index is 5.60. The minimum atomic E-state index is 0.266. The summed E-state index contributed by atoms with van der Waals surface area (Å²) in [4.78, 5) is 0. The van der Waals surface area contributed by atoms with Gasteiger partial charge in [-0.05, 0) is 30.5 Å². The van der Waals surface area contributed by atoms with Gasteiger partial charge in [0.15, 0.2) is 0 Å². The maximum absolute atomic E-state index is 5.60. The van der Waals surface area contributed by atoms with Gasteiger partial charge in [0, 0.05) is 10.5 Å². The number of nitrogens with two attached hydrogens (primary N) is 1. The van der Waals surface area contributed by atoms with Crippen molar-refractivity contribution in [1.82, 2.24) is 5.43 Å². The predicted molar refractivity (Wildman–Crippen MR) is 68.5 cm³/mol. The van der Waals surface area contributed by atoms with Crippen LogP contribution in [0.1, 0.15) is 43.4 Å². The van der Waals surface area contributed by atoms with Crippen LogP contribution >= 0.6 is 15.9 Å². The molecular weight excluding hydrogens is 252 g/mol. The Morgan fingerprint density at radius 2 is 2.20 bits per heavy atom. The molecule has 0 bridgehead atoms. The van der Waals surface area contributed by atoms with E-state index < -0.39 is 0 Å². The van der Waals surface area contributed by atoms with Gasteiger partial charge in [-0.1, -0.05) is 47.8 Å². The second-order valence-electron chi connectivity index (χ2n) is 3.82. The third-order valence-corrected chi connectivity index (χ3v) is 3.59. The molecule has 1 unspecified atom stereocenters. The molecule has 0 fully saturated rings. The van der Waals surface area contributed by atoms with Crippen LogP contribution in [0.3, 0.4) is 0 Å². The lowest BCUT2D eigenvalue weighted by molar-refractivity contribution is 0.493. The summed E-state index contributed by atoms with van der Waals surface area (Å²) >= 11 is 3.54. The molecule has 1 atom stereocenters. The molecule has 0 saturated carbocycles. The van der Waals surface area contributed by atoms with Crippen molar-refractivity contribution in [2.24, 2.45) is 5.84 Å². The van der Waals surface area contributed by atoms with Gasteiger partial charge in [0.25, 0.3) is 0 Å². The smallest absolute Gasteiger partial charge is 0.0463 e. The molecule has 0 aliphatic carbocycles. The monoisotopic (exact) mass is 270 g/mol. The van der Waals surface area contributed by atoms with Crippen LogP contribution in [0.5, 0.6) is 0 Å². The lowest BCUT2D eigenvalue weighted by atomic mass is 9.97. The second kappa shape index (κ2) is 6.26. The first-order valence-corrected chi connectivity index (χ1v) is 6.21. The lowest BCUT2D eigenvalue weighted by Crippen LogP contribution is -2.28. The van der Waals surface area contributed by atoms with Gasteiger partial charge in [0.1, 0.15) is 0 Å². The summed E-state index contributed by atoms with van der Waals surface area (Å²) in [5.41, 5.74) is 5.47. The molecule has 84 valence electrons. The van der Waals surface area contributed by atoms with Crippen LogP contribution < -0.4 is 11.3 Å². The number of hydrogen-bond acceptors (Lipinski definition) is 2. The predicted octanol–water partition coefficient (Wildman–Crippen LogP) is 3.45. The van der Waals surface area contributed by atoms with E-state index in [0.29, 0.717) is 0 Å². The Morgan fingerprint density at radius 3 is 2.80 bits per heavy atom. The first-order chi connectivity index (χ1) is 7.20. The summed E-state index contributed by atoms with van der Waals surface area (Å²) in [6.45, 7) is 4.32. The first kappa shape index (κ1) is 12.7. The zero-order valence-electron chi connectivity index (χ0n) is 9.39. The summed E-state index contributed by atoms with van der Waals surface area (Å²) in [7, 11) is 0. The Balaban J connectivity index is 2.86. The van der Waals surface area contributed by atoms with Crippen LogP contribution in [0.2, 0.25) is 0 Å². The zero-order valence-corrected chi connectivity index (χ0v) is 11.0. The average molecular weight is 271 g/mol. The fraction of sp³-hybridized carbons (Fsp3) is 0.500. The quantitative estimate of drug-likeness (QED) is 0.636. The molecular formula is C12H19BrN2. The molecule has 0 aliphatic rings. The highest BCUT2D eigenvalue weighted by Gasteiger charge is 2.12. The van der Waals surface area contributed by atoms with E-state index in [1.807, 2.05) is 0 Å². The number of hydrogen-bond donors (Lipinski definition) is 2. The number of nitrogens with one attached hydrogen (secondary N) is 1. The molecule has 0 amide bonds. The highest BCUT2D eigenvalue weighted by Crippen LogP contribution is 2.26. The molecule has 15 heavy (non-hydrogen) atoms. The topological polar surface area (TPSA) is 38.0 Å². The summed E-state index contributed by atoms with van der Waals surface area (Å²) in [5, 5.41) is 0. The van der Waals surface area contributed by atoms with Gasteiger partial charge in [0.05, 0.1) is 0 Å². The molecule has 0 heterocycles. The van der Waals surface area contributed by atoms with E-state index in [9.17, 15) is 0 Å². The Hall–Kier alpha value is -0.380. The minimum Gasteiger partial charge on any atom is -0.271 e. The highest BCUT2D eigenvalue weighted by molar-refractivity contribution is 9.10. The second-order valence-corrected chi connectivity index (χ2v) is 4.67. The van der Waals surface area contributed by atoms with Crippen LogP contribution in [0.4, 0.5) is 0 Å². The van der Waals surface area contributed by atoms with Gasteiger partial charge >= 0.3 is 0 Å². The zero-order chi connectivity index (χ0) is 11.3. The van der Waals surface area contributed by atoms with Gasteiger partial charge in [0.2, 0.25) is 0 Å². The van der Waals surface area contributed by atoms with Crippen molar-refractivity contribution in [2.75, 3.05) is 0 Å². The van der Waals surface area contributed by atoms with Crippen LogP contribution in [0.25, 0.3) is 0 Å². The molecule has 0 aromatic heterocycles. The Morgan fingerprint density at radius 1 is 1.47 bits per heavy atom. The number of benzene rings is 1. The van der Waals surface area contributed by atoms with E-state index in [4.69, 9.17) is 5.84 Å². The summed E-state index contributed by atoms with van der Waals surface area (Å²) < 4.78 is 1.15. The van der Waals surface area contributed by atoms with E-state index >= 15 is 0 Å². The van der Waals surface area contributed by atoms with Gasteiger partial charge in [-0.3, -0.25) is 11.3 Å². The first-order valence-electron chi connectivity index (χ1n) is 5.41. The molecule has 0 spiro atoms. The average Bonchev–Trinajstić information content (AvgIpc) is 2.25. The fourth-order valence-electron chi connectivity index (χ4n) is 1.74. The van der Waals surface area contributed by atoms with Crippen molar-refractivity contribution in [1.29, 1.82) is 0 Å². The van der Waals surface area contributed by atoms with Crippen LogP contribution in [0.15, 0.2) is 22.7 Å². The van der Waals surface area contributed by atoms with Crippen LogP contribution in [-0.2, 0) is 0 Å². The maximum Gasteiger partial charge on any atom is 0.0463 e.